The van der Waals surface area contributed by atoms with Gasteiger partial charge in [0.05, 0.1) is 33.8 Å². The third-order valence-corrected chi connectivity index (χ3v) is 5.46. The molecule has 0 unspecified atom stereocenters. The lowest BCUT2D eigenvalue weighted by Gasteiger charge is -2.09. The number of nitrogens with one attached hydrogen (secondary N) is 1. The van der Waals surface area contributed by atoms with Crippen molar-refractivity contribution in [2.75, 3.05) is 0 Å². The van der Waals surface area contributed by atoms with Gasteiger partial charge in [-0.1, -0.05) is 59.6 Å². The third kappa shape index (κ3) is 4.37. The van der Waals surface area contributed by atoms with Gasteiger partial charge in [0, 0.05) is 12.1 Å². The number of carbonyl (C=O) groups excluding carboxylic acids is 1. The Balaban J connectivity index is 1.55. The van der Waals surface area contributed by atoms with E-state index in [1.165, 1.54) is 10.9 Å². The first-order chi connectivity index (χ1) is 14.5. The molecule has 3 aromatic carbocycles. The van der Waals surface area contributed by atoms with Crippen LogP contribution in [0.3, 0.4) is 0 Å². The maximum Gasteiger partial charge on any atom is 0.261 e. The standard InChI is InChI=1S/C23H17Cl2N3O2/c24-19-9-6-16(10-20(19)25)13-28-14-27-21-11-17(7-8-18(21)23(28)30)22(29)26-12-15-4-2-1-3-5-15/h1-11,14H,12-13H2,(H,26,29). The fourth-order valence-electron chi connectivity index (χ4n) is 3.13. The number of hydrogen-bond acceptors (Lipinski definition) is 3. The summed E-state index contributed by atoms with van der Waals surface area (Å²) in [7, 11) is 0. The van der Waals surface area contributed by atoms with Gasteiger partial charge in [-0.15, -0.1) is 0 Å². The third-order valence-electron chi connectivity index (χ3n) is 4.72. The number of amides is 1. The summed E-state index contributed by atoms with van der Waals surface area (Å²) in [6.07, 6.45) is 1.47. The SMILES string of the molecule is O=C(NCc1ccccc1)c1ccc2c(=O)n(Cc3ccc(Cl)c(Cl)c3)cnc2c1. The van der Waals surface area contributed by atoms with Crippen LogP contribution in [0.15, 0.2) is 77.9 Å². The normalized spacial score (nSPS) is 10.9. The predicted molar refractivity (Wildman–Crippen MR) is 119 cm³/mol. The van der Waals surface area contributed by atoms with E-state index >= 15 is 0 Å². The molecule has 0 atom stereocenters. The lowest BCUT2D eigenvalue weighted by molar-refractivity contribution is 0.0951. The summed E-state index contributed by atoms with van der Waals surface area (Å²) in [5.74, 6) is -0.220. The van der Waals surface area contributed by atoms with E-state index in [9.17, 15) is 9.59 Å². The minimum absolute atomic E-state index is 0.192. The number of aromatic nitrogens is 2. The van der Waals surface area contributed by atoms with Crippen LogP contribution < -0.4 is 10.9 Å². The van der Waals surface area contributed by atoms with E-state index in [0.29, 0.717) is 39.6 Å². The second-order valence-corrected chi connectivity index (χ2v) is 7.64. The van der Waals surface area contributed by atoms with Gasteiger partial charge in [0.25, 0.3) is 11.5 Å². The van der Waals surface area contributed by atoms with E-state index in [1.807, 2.05) is 36.4 Å². The van der Waals surface area contributed by atoms with Crippen LogP contribution in [0.2, 0.25) is 10.0 Å². The van der Waals surface area contributed by atoms with Crippen LogP contribution in [0, 0.1) is 0 Å². The molecule has 7 heteroatoms. The molecule has 5 nitrogen and oxygen atoms in total. The van der Waals surface area contributed by atoms with Crippen LogP contribution in [0.25, 0.3) is 10.9 Å². The van der Waals surface area contributed by atoms with Crippen molar-refractivity contribution in [2.45, 2.75) is 13.1 Å². The van der Waals surface area contributed by atoms with Crippen LogP contribution in [0.5, 0.6) is 0 Å². The van der Waals surface area contributed by atoms with Gasteiger partial charge < -0.3 is 5.32 Å². The molecular formula is C23H17Cl2N3O2. The molecule has 0 aliphatic carbocycles. The zero-order chi connectivity index (χ0) is 21.1. The molecule has 150 valence electrons. The van der Waals surface area contributed by atoms with E-state index in [4.69, 9.17) is 23.2 Å². The quantitative estimate of drug-likeness (QED) is 0.492. The van der Waals surface area contributed by atoms with Crippen molar-refractivity contribution in [1.82, 2.24) is 14.9 Å². The van der Waals surface area contributed by atoms with Gasteiger partial charge in [-0.3, -0.25) is 14.2 Å². The smallest absolute Gasteiger partial charge is 0.261 e. The number of hydrogen-bond donors (Lipinski definition) is 1. The predicted octanol–water partition coefficient (Wildman–Crippen LogP) is 4.68. The van der Waals surface area contributed by atoms with Gasteiger partial charge in [0.15, 0.2) is 0 Å². The van der Waals surface area contributed by atoms with Crippen molar-refractivity contribution in [2.24, 2.45) is 0 Å². The molecule has 0 aliphatic rings. The number of fused-ring (bicyclic) bond motifs is 1. The number of benzene rings is 3. The molecule has 1 heterocycles. The molecule has 1 aromatic heterocycles. The lowest BCUT2D eigenvalue weighted by Crippen LogP contribution is -2.24. The average molecular weight is 438 g/mol. The number of carbonyl (C=O) groups is 1. The Labute approximate surface area is 182 Å². The maximum atomic E-state index is 12.8. The molecule has 0 saturated heterocycles. The second-order valence-electron chi connectivity index (χ2n) is 6.83. The minimum atomic E-state index is -0.220. The number of halogens is 2. The Morgan fingerprint density at radius 2 is 1.73 bits per heavy atom. The van der Waals surface area contributed by atoms with E-state index in [0.717, 1.165) is 11.1 Å². The first-order valence-corrected chi connectivity index (χ1v) is 10.0. The van der Waals surface area contributed by atoms with E-state index in [2.05, 4.69) is 10.3 Å². The summed E-state index contributed by atoms with van der Waals surface area (Å²) in [5, 5.41) is 4.21. The van der Waals surface area contributed by atoms with Gasteiger partial charge in [0.1, 0.15) is 0 Å². The van der Waals surface area contributed by atoms with Crippen molar-refractivity contribution in [3.05, 3.63) is 110 Å². The van der Waals surface area contributed by atoms with Crippen LogP contribution in [-0.4, -0.2) is 15.5 Å². The maximum absolute atomic E-state index is 12.8. The van der Waals surface area contributed by atoms with E-state index < -0.39 is 0 Å². The fraction of sp³-hybridized carbons (Fsp3) is 0.0870. The molecule has 0 spiro atoms. The summed E-state index contributed by atoms with van der Waals surface area (Å²) in [5.41, 5.74) is 2.58. The van der Waals surface area contributed by atoms with Crippen molar-refractivity contribution in [3.8, 4) is 0 Å². The molecule has 4 aromatic rings. The molecular weight excluding hydrogens is 421 g/mol. The van der Waals surface area contributed by atoms with Gasteiger partial charge in [-0.05, 0) is 41.5 Å². The summed E-state index contributed by atoms with van der Waals surface area (Å²) in [6, 6.07) is 19.8. The number of rotatable bonds is 5. The Kier molecular flexibility index (Phi) is 5.84. The monoisotopic (exact) mass is 437 g/mol. The largest absolute Gasteiger partial charge is 0.348 e. The zero-order valence-electron chi connectivity index (χ0n) is 15.8. The first kappa shape index (κ1) is 20.1. The number of nitrogens with zero attached hydrogens (tertiary/aromatic N) is 2. The molecule has 30 heavy (non-hydrogen) atoms. The highest BCUT2D eigenvalue weighted by atomic mass is 35.5. The van der Waals surface area contributed by atoms with Crippen LogP contribution in [-0.2, 0) is 13.1 Å². The van der Waals surface area contributed by atoms with Crippen molar-refractivity contribution >= 4 is 40.0 Å². The van der Waals surface area contributed by atoms with Crippen LogP contribution >= 0.6 is 23.2 Å². The molecule has 0 bridgehead atoms. The van der Waals surface area contributed by atoms with Crippen molar-refractivity contribution < 1.29 is 4.79 Å². The zero-order valence-corrected chi connectivity index (χ0v) is 17.3. The minimum Gasteiger partial charge on any atom is -0.348 e. The van der Waals surface area contributed by atoms with Crippen LogP contribution in [0.1, 0.15) is 21.5 Å². The highest BCUT2D eigenvalue weighted by Gasteiger charge is 2.10. The highest BCUT2D eigenvalue weighted by molar-refractivity contribution is 6.42. The Morgan fingerprint density at radius 3 is 2.50 bits per heavy atom. The Hall–Kier alpha value is -3.15. The lowest BCUT2D eigenvalue weighted by atomic mass is 10.1. The van der Waals surface area contributed by atoms with Gasteiger partial charge in [-0.25, -0.2) is 4.98 Å². The summed E-state index contributed by atoms with van der Waals surface area (Å²) >= 11 is 12.0. The highest BCUT2D eigenvalue weighted by Crippen LogP contribution is 2.23. The molecule has 4 rings (SSSR count). The molecule has 1 N–H and O–H groups in total. The molecule has 0 aliphatic heterocycles. The topological polar surface area (TPSA) is 64.0 Å². The molecule has 0 saturated carbocycles. The Morgan fingerprint density at radius 1 is 0.933 bits per heavy atom. The molecule has 1 amide bonds. The van der Waals surface area contributed by atoms with Crippen molar-refractivity contribution in [3.63, 3.8) is 0 Å². The fourth-order valence-corrected chi connectivity index (χ4v) is 3.45. The van der Waals surface area contributed by atoms with E-state index in [-0.39, 0.29) is 11.5 Å². The van der Waals surface area contributed by atoms with Gasteiger partial charge in [-0.2, -0.15) is 0 Å². The second kappa shape index (κ2) is 8.69. The van der Waals surface area contributed by atoms with Gasteiger partial charge >= 0.3 is 0 Å². The van der Waals surface area contributed by atoms with Gasteiger partial charge in [0.2, 0.25) is 0 Å². The van der Waals surface area contributed by atoms with Crippen LogP contribution in [0.4, 0.5) is 0 Å². The van der Waals surface area contributed by atoms with E-state index in [1.54, 1.807) is 30.3 Å². The summed E-state index contributed by atoms with van der Waals surface area (Å²) < 4.78 is 1.50. The summed E-state index contributed by atoms with van der Waals surface area (Å²) in [6.45, 7) is 0.744. The van der Waals surface area contributed by atoms with Crippen molar-refractivity contribution in [1.29, 1.82) is 0 Å². The average Bonchev–Trinajstić information content (AvgIpc) is 2.77. The first-order valence-electron chi connectivity index (χ1n) is 9.26. The Bertz CT molecular complexity index is 1290. The summed E-state index contributed by atoms with van der Waals surface area (Å²) in [4.78, 5) is 29.7. The molecule has 0 fully saturated rings. The molecule has 0 radical (unpaired) electrons.